The number of hydrogen-bond acceptors (Lipinski definition) is 8. The second kappa shape index (κ2) is 11.9. The molecular formula is C21H29N7O8. The molecule has 0 unspecified atom stereocenters. The molecule has 0 aliphatic carbocycles. The second-order valence-corrected chi connectivity index (χ2v) is 8.47. The van der Waals surface area contributed by atoms with Gasteiger partial charge >= 0.3 is 5.97 Å². The van der Waals surface area contributed by atoms with Crippen molar-refractivity contribution in [1.29, 1.82) is 0 Å². The summed E-state index contributed by atoms with van der Waals surface area (Å²) in [6.07, 6.45) is -1.71. The summed E-state index contributed by atoms with van der Waals surface area (Å²) in [5, 5.41) is 35.0. The second-order valence-electron chi connectivity index (χ2n) is 8.47. The van der Waals surface area contributed by atoms with Crippen molar-refractivity contribution in [2.75, 3.05) is 18.4 Å². The van der Waals surface area contributed by atoms with E-state index in [9.17, 15) is 34.4 Å². The molecule has 1 aromatic carbocycles. The number of nitrogens with two attached hydrogens (primary N) is 2. The molecule has 3 atom stereocenters. The SMILES string of the molecule is C[C@@]1(C(=O)N[C@@H](CCCN=C(N)N)C(=O)Nc2ccc([N+](=O)[O-])cc2)C[C@@H](O)CN1C(=O)CC(=O)O. The molecule has 1 aliphatic rings. The maximum Gasteiger partial charge on any atom is 0.312 e. The number of anilines is 1. The molecule has 1 heterocycles. The molecule has 1 aliphatic heterocycles. The normalized spacial score (nSPS) is 19.7. The maximum atomic E-state index is 13.3. The van der Waals surface area contributed by atoms with Gasteiger partial charge < -0.3 is 37.2 Å². The Morgan fingerprint density at radius 2 is 1.92 bits per heavy atom. The van der Waals surface area contributed by atoms with Crippen molar-refractivity contribution >= 4 is 41.0 Å². The highest BCUT2D eigenvalue weighted by Crippen LogP contribution is 2.30. The van der Waals surface area contributed by atoms with Crippen molar-refractivity contribution in [1.82, 2.24) is 10.2 Å². The van der Waals surface area contributed by atoms with Gasteiger partial charge in [0.2, 0.25) is 17.7 Å². The van der Waals surface area contributed by atoms with Crippen LogP contribution in [0.25, 0.3) is 0 Å². The molecule has 2 rings (SSSR count). The van der Waals surface area contributed by atoms with Gasteiger partial charge in [-0.1, -0.05) is 0 Å². The summed E-state index contributed by atoms with van der Waals surface area (Å²) in [5.74, 6) is -3.79. The van der Waals surface area contributed by atoms with Crippen LogP contribution in [0.5, 0.6) is 0 Å². The Labute approximate surface area is 205 Å². The predicted octanol–water partition coefficient (Wildman–Crippen LogP) is -1.10. The van der Waals surface area contributed by atoms with Gasteiger partial charge in [-0.15, -0.1) is 0 Å². The number of hydrogen-bond donors (Lipinski definition) is 6. The topological polar surface area (TPSA) is 244 Å². The lowest BCUT2D eigenvalue weighted by Crippen LogP contribution is -2.59. The van der Waals surface area contributed by atoms with Gasteiger partial charge in [-0.05, 0) is 31.9 Å². The molecule has 1 aromatic rings. The summed E-state index contributed by atoms with van der Waals surface area (Å²) >= 11 is 0. The maximum absolute atomic E-state index is 13.3. The van der Waals surface area contributed by atoms with Gasteiger partial charge in [-0.2, -0.15) is 0 Å². The minimum absolute atomic E-state index is 0.0863. The van der Waals surface area contributed by atoms with Crippen LogP contribution in [-0.4, -0.2) is 80.5 Å². The van der Waals surface area contributed by atoms with Gasteiger partial charge in [0.25, 0.3) is 5.69 Å². The number of amides is 3. The minimum Gasteiger partial charge on any atom is -0.481 e. The number of aliphatic hydroxyl groups is 1. The van der Waals surface area contributed by atoms with Crippen molar-refractivity contribution in [2.45, 2.75) is 50.3 Å². The van der Waals surface area contributed by atoms with Crippen LogP contribution in [0.15, 0.2) is 29.3 Å². The molecule has 0 bridgehead atoms. The lowest BCUT2D eigenvalue weighted by Gasteiger charge is -2.34. The first-order valence-electron chi connectivity index (χ1n) is 11.0. The summed E-state index contributed by atoms with van der Waals surface area (Å²) in [5.41, 5.74) is 9.08. The molecular weight excluding hydrogens is 478 g/mol. The Hall–Kier alpha value is -4.27. The largest absolute Gasteiger partial charge is 0.481 e. The molecule has 0 aromatic heterocycles. The number of benzene rings is 1. The fraction of sp³-hybridized carbons (Fsp3) is 0.476. The van der Waals surface area contributed by atoms with E-state index in [1.807, 2.05) is 0 Å². The molecule has 0 saturated carbocycles. The standard InChI is InChI=1S/C21H29N7O8/c1-21(10-14(29)11-27(21)16(30)9-17(31)32)19(34)26-15(3-2-8-24-20(22)23)18(33)25-12-4-6-13(7-5-12)28(35)36/h4-7,14-15,29H,2-3,8-11H2,1H3,(H,25,33)(H,26,34)(H,31,32)(H4,22,23,24)/t14-,15+,21+/m1/s1. The lowest BCUT2D eigenvalue weighted by molar-refractivity contribution is -0.384. The molecule has 196 valence electrons. The Kier molecular flexibility index (Phi) is 9.26. The quantitative estimate of drug-likeness (QED) is 0.0527. The number of β-amino-alcohol motifs (C(OH)–C–C–N with tert-alkyl or cyclic N) is 1. The third-order valence-electron chi connectivity index (χ3n) is 5.63. The number of nitrogens with zero attached hydrogens (tertiary/aromatic N) is 3. The third kappa shape index (κ3) is 7.36. The number of carbonyl (C=O) groups excluding carboxylic acids is 3. The molecule has 8 N–H and O–H groups in total. The molecule has 36 heavy (non-hydrogen) atoms. The monoisotopic (exact) mass is 507 g/mol. The van der Waals surface area contributed by atoms with Gasteiger partial charge in [0.15, 0.2) is 5.96 Å². The van der Waals surface area contributed by atoms with Crippen LogP contribution in [0.1, 0.15) is 32.6 Å². The highest BCUT2D eigenvalue weighted by atomic mass is 16.6. The first kappa shape index (κ1) is 28.0. The number of aliphatic hydroxyl groups excluding tert-OH is 1. The highest BCUT2D eigenvalue weighted by Gasteiger charge is 2.50. The van der Waals surface area contributed by atoms with E-state index in [1.54, 1.807) is 0 Å². The number of likely N-dealkylation sites (tertiary alicyclic amines) is 1. The summed E-state index contributed by atoms with van der Waals surface area (Å²) in [4.78, 5) is 64.7. The fourth-order valence-corrected chi connectivity index (χ4v) is 3.84. The number of nitro benzene ring substituents is 1. The first-order valence-corrected chi connectivity index (χ1v) is 11.0. The molecule has 1 saturated heterocycles. The number of non-ortho nitro benzene ring substituents is 1. The van der Waals surface area contributed by atoms with E-state index in [1.165, 1.54) is 31.2 Å². The fourth-order valence-electron chi connectivity index (χ4n) is 3.84. The van der Waals surface area contributed by atoms with E-state index < -0.39 is 52.7 Å². The Balaban J connectivity index is 2.21. The van der Waals surface area contributed by atoms with Crippen LogP contribution in [0.4, 0.5) is 11.4 Å². The number of nitrogens with one attached hydrogen (secondary N) is 2. The van der Waals surface area contributed by atoms with Gasteiger partial charge in [-0.25, -0.2) is 0 Å². The number of guanidine groups is 1. The van der Waals surface area contributed by atoms with E-state index in [-0.39, 0.29) is 49.7 Å². The van der Waals surface area contributed by atoms with Crippen molar-refractivity contribution < 1.29 is 34.3 Å². The van der Waals surface area contributed by atoms with E-state index >= 15 is 0 Å². The van der Waals surface area contributed by atoms with Gasteiger partial charge in [-0.3, -0.25) is 34.3 Å². The molecule has 0 radical (unpaired) electrons. The van der Waals surface area contributed by atoms with Crippen molar-refractivity contribution in [3.63, 3.8) is 0 Å². The van der Waals surface area contributed by atoms with E-state index in [2.05, 4.69) is 15.6 Å². The third-order valence-corrected chi connectivity index (χ3v) is 5.63. The van der Waals surface area contributed by atoms with Crippen LogP contribution in [-0.2, 0) is 19.2 Å². The van der Waals surface area contributed by atoms with Crippen LogP contribution in [0, 0.1) is 10.1 Å². The minimum atomic E-state index is -1.60. The smallest absolute Gasteiger partial charge is 0.312 e. The van der Waals surface area contributed by atoms with Crippen molar-refractivity contribution in [2.24, 2.45) is 16.5 Å². The average Bonchev–Trinajstić information content (AvgIpc) is 3.10. The first-order chi connectivity index (χ1) is 16.8. The zero-order chi connectivity index (χ0) is 27.0. The lowest BCUT2D eigenvalue weighted by atomic mass is 9.95. The summed E-state index contributed by atoms with van der Waals surface area (Å²) in [6, 6.07) is 3.93. The molecule has 0 spiro atoms. The summed E-state index contributed by atoms with van der Waals surface area (Å²) in [6.45, 7) is 1.31. The number of carboxylic acid groups (broad SMARTS) is 1. The van der Waals surface area contributed by atoms with Gasteiger partial charge in [0.05, 0.1) is 11.0 Å². The van der Waals surface area contributed by atoms with E-state index in [0.29, 0.717) is 0 Å². The average molecular weight is 508 g/mol. The van der Waals surface area contributed by atoms with Crippen LogP contribution in [0.2, 0.25) is 0 Å². The Morgan fingerprint density at radius 3 is 2.47 bits per heavy atom. The Bertz CT molecular complexity index is 1040. The van der Waals surface area contributed by atoms with Crippen LogP contribution >= 0.6 is 0 Å². The number of aliphatic imine (C=N–C) groups is 1. The number of carboxylic acids is 1. The highest BCUT2D eigenvalue weighted by molar-refractivity contribution is 6.01. The molecule has 1 fully saturated rings. The molecule has 15 heteroatoms. The zero-order valence-electron chi connectivity index (χ0n) is 19.5. The van der Waals surface area contributed by atoms with Crippen molar-refractivity contribution in [3.05, 3.63) is 34.4 Å². The predicted molar refractivity (Wildman–Crippen MR) is 127 cm³/mol. The number of carbonyl (C=O) groups is 4. The van der Waals surface area contributed by atoms with Crippen LogP contribution in [0.3, 0.4) is 0 Å². The van der Waals surface area contributed by atoms with E-state index in [4.69, 9.17) is 16.6 Å². The van der Waals surface area contributed by atoms with Gasteiger partial charge in [0, 0.05) is 37.3 Å². The molecule has 3 amide bonds. The summed E-state index contributed by atoms with van der Waals surface area (Å²) < 4.78 is 0. The van der Waals surface area contributed by atoms with Crippen molar-refractivity contribution in [3.8, 4) is 0 Å². The molecule has 15 nitrogen and oxygen atoms in total. The Morgan fingerprint density at radius 1 is 1.28 bits per heavy atom. The number of aliphatic carboxylic acids is 1. The van der Waals surface area contributed by atoms with Gasteiger partial charge in [0.1, 0.15) is 18.0 Å². The van der Waals surface area contributed by atoms with Crippen LogP contribution < -0.4 is 22.1 Å². The van der Waals surface area contributed by atoms with E-state index in [0.717, 1.165) is 4.90 Å². The number of rotatable bonds is 11. The number of nitro groups is 1. The summed E-state index contributed by atoms with van der Waals surface area (Å²) in [7, 11) is 0. The zero-order valence-corrected chi connectivity index (χ0v) is 19.5.